The summed E-state index contributed by atoms with van der Waals surface area (Å²) < 4.78 is 70.2. The molecule has 32 nitrogen and oxygen atoms in total. The highest BCUT2D eigenvalue weighted by molar-refractivity contribution is 5.91. The van der Waals surface area contributed by atoms with Gasteiger partial charge in [0.15, 0.2) is 6.20 Å². The number of likely N-dealkylation sites (tertiary alicyclic amines) is 1. The summed E-state index contributed by atoms with van der Waals surface area (Å²) in [6, 6.07) is 67.7. The van der Waals surface area contributed by atoms with Gasteiger partial charge in [0.05, 0.1) is 159 Å². The van der Waals surface area contributed by atoms with Crippen LogP contribution in [0.3, 0.4) is 0 Å². The first kappa shape index (κ1) is 120. The van der Waals surface area contributed by atoms with Crippen molar-refractivity contribution < 1.29 is 121 Å². The first-order valence-electron chi connectivity index (χ1n) is 47.9. The quantitative estimate of drug-likeness (QED) is 0.00594. The fraction of sp³-hybridized carbons (Fsp3) is 0.450. The van der Waals surface area contributed by atoms with Crippen molar-refractivity contribution in [1.82, 2.24) is 31.2 Å². The second-order valence-electron chi connectivity index (χ2n) is 33.2. The molecule has 8 aromatic rings. The predicted molar refractivity (Wildman–Crippen MR) is 540 cm³/mol. The van der Waals surface area contributed by atoms with Crippen LogP contribution in [0.4, 0.5) is 0 Å². The molecule has 8 heterocycles. The number of aliphatic hydroxyl groups is 2. The van der Waals surface area contributed by atoms with Crippen molar-refractivity contribution in [3.63, 3.8) is 0 Å². The zero-order chi connectivity index (χ0) is 99.6. The van der Waals surface area contributed by atoms with Gasteiger partial charge >= 0.3 is 41.8 Å². The molecular formula is C109H147BN7O25. The summed E-state index contributed by atoms with van der Waals surface area (Å²) in [5.41, 5.74) is 10.3. The fourth-order valence-corrected chi connectivity index (χ4v) is 16.0. The van der Waals surface area contributed by atoms with E-state index in [4.69, 9.17) is 71.5 Å². The maximum Gasteiger partial charge on any atom is 0.344 e. The summed E-state index contributed by atoms with van der Waals surface area (Å²) in [4.78, 5) is 102. The number of carboxylic acid groups (broad SMARTS) is 1. The minimum absolute atomic E-state index is 0. The second kappa shape index (κ2) is 69.4. The molecule has 3 fully saturated rings. The number of hydrogen-bond acceptors (Lipinski definition) is 30. The molecule has 9 atom stereocenters. The highest BCUT2D eigenvalue weighted by atomic mass is 16.6. The lowest BCUT2D eigenvalue weighted by molar-refractivity contribution is -0.616. The Balaban J connectivity index is 0.000000355. The Hall–Kier alpha value is -12.5. The molecule has 142 heavy (non-hydrogen) atoms. The number of rotatable bonds is 40. The van der Waals surface area contributed by atoms with Crippen LogP contribution in [0.5, 0.6) is 0 Å². The van der Waals surface area contributed by atoms with Crippen LogP contribution in [0.15, 0.2) is 253 Å². The van der Waals surface area contributed by atoms with Crippen LogP contribution >= 0.6 is 0 Å². The Morgan fingerprint density at radius 3 is 1.20 bits per heavy atom. The molecule has 2 aromatic heterocycles. The van der Waals surface area contributed by atoms with E-state index in [1.165, 1.54) is 18.0 Å². The molecule has 771 valence electrons. The second-order valence-corrected chi connectivity index (χ2v) is 33.2. The zero-order valence-corrected chi connectivity index (χ0v) is 82.4. The molecule has 0 spiro atoms. The van der Waals surface area contributed by atoms with Gasteiger partial charge in [-0.2, -0.15) is 4.73 Å². The van der Waals surface area contributed by atoms with Crippen molar-refractivity contribution in [3.05, 3.63) is 314 Å². The number of carbonyl (C=O) groups is 8. The molecule has 3 saturated heterocycles. The number of ether oxygens (including phenoxy) is 13. The Labute approximate surface area is 839 Å². The fourth-order valence-electron chi connectivity index (χ4n) is 16.0. The third-order valence-corrected chi connectivity index (χ3v) is 23.2. The van der Waals surface area contributed by atoms with E-state index in [1.54, 1.807) is 65.1 Å². The molecule has 6 aliphatic rings. The van der Waals surface area contributed by atoms with Crippen LogP contribution in [-0.2, 0) is 143 Å². The number of nitrogens with one attached hydrogen (secondary N) is 1. The summed E-state index contributed by atoms with van der Waals surface area (Å²) in [5.74, 6) is -1.81. The first-order valence-corrected chi connectivity index (χ1v) is 47.9. The SMILES string of the molecule is C.CCOC(=O)C1=C(O)C2CCC(COCc3ccccc3)N(C1)C2.CCOC(=O)C1=C(O)C2CCC(COCc3ccccc3)N(C1)C2.CCOC(=O)C1=CNC(COCc2ccccc2)CC1.CCOC(=O)CCN1CC(C(=O)OCC)CCC1COCc1ccccc1.CCOC(=O)c1ccc(COCc2ccccc2)[n+]([O-])c1.CCOC(=O)c1ccc(COCc2ccccc2)nc1.N.O=CO.[2HH].[B]. The summed E-state index contributed by atoms with van der Waals surface area (Å²) in [6.07, 6.45) is 11.8. The maximum absolute atomic E-state index is 12.1. The van der Waals surface area contributed by atoms with E-state index in [0.717, 1.165) is 98.0 Å². The van der Waals surface area contributed by atoms with E-state index in [0.29, 0.717) is 178 Å². The normalized spacial score (nSPS) is 18.3. The minimum Gasteiger partial charge on any atom is -0.618 e. The van der Waals surface area contributed by atoms with Crippen LogP contribution < -0.4 is 16.2 Å². The van der Waals surface area contributed by atoms with E-state index >= 15 is 0 Å². The summed E-state index contributed by atoms with van der Waals surface area (Å²) in [6.45, 7) is 24.8. The molecule has 33 heteroatoms. The average molecular weight is 1970 g/mol. The van der Waals surface area contributed by atoms with Crippen LogP contribution in [0.25, 0.3) is 0 Å². The summed E-state index contributed by atoms with van der Waals surface area (Å²) in [5, 5.41) is 42.5. The lowest BCUT2D eigenvalue weighted by atomic mass is 9.85. The van der Waals surface area contributed by atoms with Gasteiger partial charge in [-0.1, -0.05) is 189 Å². The van der Waals surface area contributed by atoms with Crippen molar-refractivity contribution >= 4 is 56.7 Å². The van der Waals surface area contributed by atoms with Crippen LogP contribution in [-0.4, -0.2) is 228 Å². The Morgan fingerprint density at radius 2 is 0.810 bits per heavy atom. The molecule has 9 unspecified atom stereocenters. The maximum atomic E-state index is 12.1. The van der Waals surface area contributed by atoms with Gasteiger partial charge in [0.1, 0.15) is 23.7 Å². The smallest absolute Gasteiger partial charge is 0.344 e. The third kappa shape index (κ3) is 43.1. The average Bonchev–Trinajstić information content (AvgIpc) is 0.791. The lowest BCUT2D eigenvalue weighted by Crippen LogP contribution is -2.51. The number of piperidine rings is 3. The van der Waals surface area contributed by atoms with Crippen molar-refractivity contribution in [3.8, 4) is 0 Å². The molecule has 0 amide bonds. The highest BCUT2D eigenvalue weighted by Gasteiger charge is 2.41. The van der Waals surface area contributed by atoms with E-state index in [2.05, 4.69) is 49.3 Å². The number of fused-ring (bicyclic) bond motifs is 4. The molecule has 0 aliphatic carbocycles. The molecule has 0 saturated carbocycles. The molecule has 14 rings (SSSR count). The van der Waals surface area contributed by atoms with Crippen molar-refractivity contribution in [2.75, 3.05) is 112 Å². The number of benzene rings is 6. The van der Waals surface area contributed by atoms with Gasteiger partial charge in [-0.25, -0.2) is 24.0 Å². The minimum atomic E-state index is -0.501. The summed E-state index contributed by atoms with van der Waals surface area (Å²) >= 11 is 0. The van der Waals surface area contributed by atoms with E-state index in [-0.39, 0.29) is 126 Å². The van der Waals surface area contributed by atoms with Crippen LogP contribution in [0.1, 0.15) is 181 Å². The van der Waals surface area contributed by atoms with Gasteiger partial charge < -0.3 is 93.6 Å². The molecular weight excluding hydrogens is 1820 g/mol. The molecule has 4 bridgehead atoms. The standard InChI is InChI=1S/C21H31NO5.2C19H25NO4.C16H17NO4.C16H21NO3.C16H17NO3.CH2O2.CH4.B.H3N.H2/c1-3-26-20(23)12-13-22-14-18(21(24)27-4-2)10-11-19(22)16-25-15-17-8-6-5-7-9-17;2*1-2-24-19(22)17-11-20-10-15(18(17)21)8-9-16(20)13-23-12-14-6-4-3-5-7-14;1-2-21-16(18)14-8-9-15(17(19)10-14)12-20-11-13-6-4-3-5-7-13;2*1-2-20-16(18)14-8-9-15(17-10-14)12-19-11-13-6-4-3-5-7-13;2-1-3;;;;/h5-9,18-19H,3-4,10-16H2,1-2H3;2*3-7,15-16,21H,2,8-13H2,1H3;3-10H,2,11-12H2,1H3;3-7,10,15,17H,2,8-9,11-12H2,1H3;3-10H,2,11-12H2,1H3;1H,(H,2,3);1H4;;1H3;1H/i;;;;;;;;;;1+1. The third-order valence-electron chi connectivity index (χ3n) is 23.2. The number of esters is 7. The van der Waals surface area contributed by atoms with Crippen molar-refractivity contribution in [2.45, 2.75) is 191 Å². The number of aromatic nitrogens is 2. The number of pyridine rings is 2. The number of carbonyl (C=O) groups excluding carboxylic acids is 7. The topological polar surface area (TPSA) is 414 Å². The molecule has 6 aliphatic heterocycles. The van der Waals surface area contributed by atoms with Gasteiger partial charge in [0.25, 0.3) is 6.47 Å². The predicted octanol–water partition coefficient (Wildman–Crippen LogP) is 16.1. The van der Waals surface area contributed by atoms with Crippen molar-refractivity contribution in [1.29, 1.82) is 0 Å². The van der Waals surface area contributed by atoms with E-state index < -0.39 is 17.9 Å². The Kier molecular flexibility index (Phi) is 58.6. The Morgan fingerprint density at radius 1 is 0.437 bits per heavy atom. The van der Waals surface area contributed by atoms with Gasteiger partial charge in [-0.15, -0.1) is 0 Å². The molecule has 7 N–H and O–H groups in total. The van der Waals surface area contributed by atoms with Crippen molar-refractivity contribution in [2.24, 2.45) is 17.8 Å². The zero-order valence-electron chi connectivity index (χ0n) is 82.4. The lowest BCUT2D eigenvalue weighted by Gasteiger charge is -2.43. The van der Waals surface area contributed by atoms with Crippen LogP contribution in [0, 0.1) is 23.0 Å². The van der Waals surface area contributed by atoms with Gasteiger partial charge in [-0.3, -0.25) is 34.1 Å². The highest BCUT2D eigenvalue weighted by Crippen LogP contribution is 2.36. The number of aliphatic hydroxyl groups excluding tert-OH is 2. The van der Waals surface area contributed by atoms with Gasteiger partial charge in [0, 0.05) is 104 Å². The van der Waals surface area contributed by atoms with E-state index in [9.17, 15) is 49.0 Å². The Bertz CT molecular complexity index is 4940. The first-order chi connectivity index (χ1) is 67.7. The van der Waals surface area contributed by atoms with E-state index in [1.807, 2.05) is 172 Å². The molecule has 6 aromatic carbocycles. The van der Waals surface area contributed by atoms with Gasteiger partial charge in [-0.05, 0) is 151 Å². The van der Waals surface area contributed by atoms with Gasteiger partial charge in [0.2, 0.25) is 5.69 Å². The summed E-state index contributed by atoms with van der Waals surface area (Å²) in [7, 11) is 0. The number of hydrogen-bond donors (Lipinski definition) is 5. The molecule has 3 radical (unpaired) electrons. The van der Waals surface area contributed by atoms with Crippen LogP contribution in [0.2, 0.25) is 0 Å². The largest absolute Gasteiger partial charge is 0.618 e. The number of nitrogens with zero attached hydrogens (tertiary/aromatic N) is 5. The monoisotopic (exact) mass is 1970 g/mol.